The van der Waals surface area contributed by atoms with Crippen molar-refractivity contribution in [1.29, 1.82) is 0 Å². The number of ether oxygens (including phenoxy) is 3. The second-order valence-electron chi connectivity index (χ2n) is 19.0. The normalized spacial score (nSPS) is 20.3. The molecule has 0 aliphatic carbocycles. The number of fused-ring (bicyclic) bond motifs is 6. The molecule has 0 unspecified atom stereocenters. The van der Waals surface area contributed by atoms with E-state index < -0.39 is 47.4 Å². The first-order valence-corrected chi connectivity index (χ1v) is 24.1. The van der Waals surface area contributed by atoms with Crippen molar-refractivity contribution < 1.29 is 33.4 Å². The molecule has 3 aliphatic rings. The van der Waals surface area contributed by atoms with Gasteiger partial charge in [-0.1, -0.05) is 64.1 Å². The van der Waals surface area contributed by atoms with Crippen molar-refractivity contribution in [3.05, 3.63) is 94.1 Å². The van der Waals surface area contributed by atoms with Crippen LogP contribution in [0.3, 0.4) is 0 Å². The number of nitrogens with zero attached hydrogens (tertiary/aromatic N) is 5. The number of esters is 1. The van der Waals surface area contributed by atoms with Gasteiger partial charge in [0.15, 0.2) is 0 Å². The Morgan fingerprint density at radius 2 is 1.72 bits per heavy atom. The SMILES string of the molecule is CCn1c(-c2cccnc2[C@H](C)OC)c2c3cc(ccc31)-c1csc(n1)C[C@H](NC(=O)[C@H](C(C)C)N(C)C(=O)[C@H]1OCC[C@H]1c1ccccc1)C(=O)N1CCC[C@H](N1)C(=O)OCC(C)(C)C2.S.S.S.S.S.S. The van der Waals surface area contributed by atoms with E-state index in [1.165, 1.54) is 21.2 Å². The fourth-order valence-electron chi connectivity index (χ4n) is 9.96. The molecule has 2 aromatic carbocycles. The summed E-state index contributed by atoms with van der Waals surface area (Å²) in [5.41, 5.74) is 10.4. The van der Waals surface area contributed by atoms with Gasteiger partial charge in [-0.3, -0.25) is 29.2 Å². The molecule has 6 atom stereocenters. The number of hydrogen-bond acceptors (Lipinski definition) is 11. The summed E-state index contributed by atoms with van der Waals surface area (Å²) < 4.78 is 20.3. The molecule has 8 rings (SSSR count). The lowest BCUT2D eigenvalue weighted by molar-refractivity contribution is -0.155. The molecule has 14 nitrogen and oxygen atoms in total. The lowest BCUT2D eigenvalue weighted by Gasteiger charge is -2.37. The first kappa shape index (κ1) is 64.7. The Bertz CT molecular complexity index is 2600. The number of thiazole rings is 1. The van der Waals surface area contributed by atoms with Gasteiger partial charge in [0, 0.05) is 85.2 Å². The Kier molecular flexibility index (Phi) is 25.1. The highest BCUT2D eigenvalue weighted by molar-refractivity contribution is 7.60. The summed E-state index contributed by atoms with van der Waals surface area (Å²) >= 11 is 1.42. The predicted octanol–water partition coefficient (Wildman–Crippen LogP) is 7.93. The van der Waals surface area contributed by atoms with Gasteiger partial charge < -0.3 is 29.0 Å². The molecule has 5 aromatic rings. The lowest BCUT2D eigenvalue weighted by Crippen LogP contribution is -2.62. The summed E-state index contributed by atoms with van der Waals surface area (Å²) in [7, 11) is 3.32. The van der Waals surface area contributed by atoms with Crippen molar-refractivity contribution >= 4 is 127 Å². The number of nitrogens with one attached hydrogen (secondary N) is 2. The molecule has 0 saturated carbocycles. The average molecular weight is 1120 g/mol. The quantitative estimate of drug-likeness (QED) is 0.132. The second-order valence-corrected chi connectivity index (χ2v) is 19.9. The maximum atomic E-state index is 14.7. The summed E-state index contributed by atoms with van der Waals surface area (Å²) in [6, 6.07) is 17.5. The molecule has 21 heteroatoms. The number of carbonyl (C=O) groups excluding carboxylic acids is 4. The average Bonchev–Trinajstić information content (AvgIpc) is 4.08. The topological polar surface area (TPSA) is 157 Å². The molecule has 398 valence electrons. The Labute approximate surface area is 470 Å². The highest BCUT2D eigenvalue weighted by atomic mass is 32.1. The van der Waals surface area contributed by atoms with Crippen LogP contribution in [0.4, 0.5) is 0 Å². The predicted molar refractivity (Wildman–Crippen MR) is 317 cm³/mol. The number of likely N-dealkylation sites (N-methyl/N-ethyl adjacent to an activating group) is 1. The molecule has 0 radical (unpaired) electrons. The van der Waals surface area contributed by atoms with Crippen molar-refractivity contribution in [1.82, 2.24) is 35.2 Å². The van der Waals surface area contributed by atoms with Crippen LogP contribution in [-0.2, 0) is 52.8 Å². The highest BCUT2D eigenvalue weighted by Crippen LogP contribution is 2.42. The lowest BCUT2D eigenvalue weighted by atomic mass is 9.84. The summed E-state index contributed by atoms with van der Waals surface area (Å²) in [5, 5.41) is 8.19. The molecular weight excluding hydrogens is 1050 g/mol. The standard InChI is InChI=1S/C51H63N7O7S.6H2S/c1-9-57-41-20-19-33-25-36(41)37(45(57)35-17-13-22-52-43(35)31(4)63-8)27-51(5,6)29-65-50(62)38-18-14-23-58(55-38)48(60)39(26-42-53-40(33)28-66-42)54-47(59)44(30(2)3)56(7)49(61)46-34(21-24-64-46)32-15-11-10-12-16-32;;;;;;/h10-13,15-17,19-20,22,25,28,30-31,34,38-39,44,46,55H,9,14,18,21,23-24,26-27,29H2,1-8H3,(H,54,59);6*1H2/t31-,34-,38-,39-,44-,46-;;;;;;/m0....../s1. The Balaban J connectivity index is 0.00000296. The largest absolute Gasteiger partial charge is 0.464 e. The van der Waals surface area contributed by atoms with E-state index >= 15 is 0 Å². The minimum absolute atomic E-state index is 0. The van der Waals surface area contributed by atoms with Gasteiger partial charge in [0.1, 0.15) is 24.2 Å². The van der Waals surface area contributed by atoms with Crippen LogP contribution in [0, 0.1) is 11.3 Å². The van der Waals surface area contributed by atoms with Crippen molar-refractivity contribution in [2.45, 2.75) is 116 Å². The van der Waals surface area contributed by atoms with Gasteiger partial charge in [-0.2, -0.15) is 81.0 Å². The van der Waals surface area contributed by atoms with E-state index in [1.54, 1.807) is 20.4 Å². The highest BCUT2D eigenvalue weighted by Gasteiger charge is 2.42. The molecule has 6 bridgehead atoms. The van der Waals surface area contributed by atoms with Crippen molar-refractivity contribution in [2.75, 3.05) is 33.9 Å². The molecule has 72 heavy (non-hydrogen) atoms. The third kappa shape index (κ3) is 13.7. The zero-order chi connectivity index (χ0) is 46.9. The summed E-state index contributed by atoms with van der Waals surface area (Å²) in [6.07, 6.45) is 3.19. The smallest absolute Gasteiger partial charge is 0.324 e. The van der Waals surface area contributed by atoms with Gasteiger partial charge in [-0.15, -0.1) is 11.3 Å². The van der Waals surface area contributed by atoms with Crippen molar-refractivity contribution in [3.63, 3.8) is 0 Å². The summed E-state index contributed by atoms with van der Waals surface area (Å²) in [6.45, 7) is 13.7. The number of rotatable bonds is 10. The van der Waals surface area contributed by atoms with Gasteiger partial charge >= 0.3 is 5.97 Å². The van der Waals surface area contributed by atoms with Crippen LogP contribution in [0.2, 0.25) is 0 Å². The number of amides is 3. The zero-order valence-corrected chi connectivity index (χ0v) is 49.2. The Morgan fingerprint density at radius 1 is 1.00 bits per heavy atom. The van der Waals surface area contributed by atoms with Gasteiger partial charge in [0.05, 0.1) is 34.8 Å². The molecule has 2 N–H and O–H groups in total. The number of hydrogen-bond donors (Lipinski definition) is 2. The minimum atomic E-state index is -1.07. The van der Waals surface area contributed by atoms with Crippen LogP contribution >= 0.6 is 92.3 Å². The third-order valence-electron chi connectivity index (χ3n) is 13.4. The first-order valence-electron chi connectivity index (χ1n) is 23.2. The fraction of sp³-hybridized carbons (Fsp3) is 0.490. The monoisotopic (exact) mass is 1120 g/mol. The number of carbonyl (C=O) groups is 4. The van der Waals surface area contributed by atoms with E-state index in [0.717, 1.165) is 50.2 Å². The molecule has 2 saturated heterocycles. The van der Waals surface area contributed by atoms with Gasteiger partial charge in [-0.05, 0) is 80.8 Å². The molecular formula is C51H75N7O7S7. The van der Waals surface area contributed by atoms with Crippen molar-refractivity contribution in [3.8, 4) is 22.5 Å². The number of benzene rings is 2. The number of hydrazine groups is 1. The van der Waals surface area contributed by atoms with Crippen LogP contribution < -0.4 is 10.7 Å². The van der Waals surface area contributed by atoms with E-state index in [-0.39, 0.29) is 118 Å². The van der Waals surface area contributed by atoms with Gasteiger partial charge in [-0.25, -0.2) is 10.4 Å². The van der Waals surface area contributed by atoms with Crippen molar-refractivity contribution in [2.24, 2.45) is 11.3 Å². The van der Waals surface area contributed by atoms with E-state index in [1.807, 2.05) is 62.5 Å². The minimum Gasteiger partial charge on any atom is -0.464 e. The van der Waals surface area contributed by atoms with Crippen LogP contribution in [0.15, 0.2) is 72.2 Å². The number of aromatic nitrogens is 3. The number of pyridine rings is 1. The third-order valence-corrected chi connectivity index (χ3v) is 14.3. The van der Waals surface area contributed by atoms with E-state index in [4.69, 9.17) is 24.2 Å². The van der Waals surface area contributed by atoms with Gasteiger partial charge in [0.25, 0.3) is 11.8 Å². The summed E-state index contributed by atoms with van der Waals surface area (Å²) in [4.78, 5) is 68.8. The number of aryl methyl sites for hydroxylation is 1. The maximum absolute atomic E-state index is 14.7. The molecule has 3 aromatic heterocycles. The van der Waals surface area contributed by atoms with E-state index in [9.17, 15) is 19.2 Å². The molecule has 6 heterocycles. The summed E-state index contributed by atoms with van der Waals surface area (Å²) in [5.74, 6) is -2.05. The Morgan fingerprint density at radius 3 is 2.40 bits per heavy atom. The van der Waals surface area contributed by atoms with E-state index in [0.29, 0.717) is 50.4 Å². The second kappa shape index (κ2) is 28.0. The molecule has 3 amide bonds. The molecule has 0 spiro atoms. The van der Waals surface area contributed by atoms with E-state index in [2.05, 4.69) is 60.3 Å². The Hall–Kier alpha value is -3.38. The van der Waals surface area contributed by atoms with Gasteiger partial charge in [0.2, 0.25) is 5.91 Å². The van der Waals surface area contributed by atoms with Crippen LogP contribution in [0.25, 0.3) is 33.4 Å². The van der Waals surface area contributed by atoms with Crippen LogP contribution in [0.1, 0.15) is 94.7 Å². The van der Waals surface area contributed by atoms with Crippen LogP contribution in [-0.4, -0.2) is 106 Å². The first-order chi connectivity index (χ1) is 31.7. The zero-order valence-electron chi connectivity index (χ0n) is 42.3. The maximum Gasteiger partial charge on any atom is 0.324 e. The molecule has 3 aliphatic heterocycles. The number of cyclic esters (lactones) is 1. The fourth-order valence-corrected chi connectivity index (χ4v) is 10.8. The molecule has 2 fully saturated rings. The van der Waals surface area contributed by atoms with Crippen LogP contribution in [0.5, 0.6) is 0 Å². The number of methoxy groups -OCH3 is 1.